The van der Waals surface area contributed by atoms with Gasteiger partial charge in [-0.05, 0) is 18.2 Å². The number of aryl methyl sites for hydroxylation is 1. The van der Waals surface area contributed by atoms with Crippen molar-refractivity contribution in [3.8, 4) is 0 Å². The van der Waals surface area contributed by atoms with Crippen molar-refractivity contribution < 1.29 is 8.42 Å². The van der Waals surface area contributed by atoms with Crippen LogP contribution >= 0.6 is 0 Å². The zero-order valence-corrected chi connectivity index (χ0v) is 10.2. The van der Waals surface area contributed by atoms with E-state index in [9.17, 15) is 8.42 Å². The third-order valence-electron chi connectivity index (χ3n) is 2.33. The summed E-state index contributed by atoms with van der Waals surface area (Å²) >= 11 is 0. The second kappa shape index (κ2) is 4.21. The standard InChI is InChI=1S/C11H13N3O2S/c1-14-7-9(6-13-14)8-17(15,16)11-4-2-3-10(12)5-11/h2-7H,8,12H2,1H3. The molecule has 0 saturated carbocycles. The molecule has 1 aromatic carbocycles. The number of anilines is 1. The lowest BCUT2D eigenvalue weighted by atomic mass is 10.3. The molecule has 6 heteroatoms. The Hall–Kier alpha value is -1.82. The molecule has 0 aliphatic heterocycles. The van der Waals surface area contributed by atoms with E-state index in [1.54, 1.807) is 42.3 Å². The van der Waals surface area contributed by atoms with Crippen LogP contribution in [0.15, 0.2) is 41.6 Å². The van der Waals surface area contributed by atoms with Crippen molar-refractivity contribution in [2.45, 2.75) is 10.6 Å². The molecule has 0 aliphatic carbocycles. The molecular formula is C11H13N3O2S. The number of sulfone groups is 1. The maximum absolute atomic E-state index is 12.1. The average molecular weight is 251 g/mol. The van der Waals surface area contributed by atoms with Gasteiger partial charge >= 0.3 is 0 Å². The van der Waals surface area contributed by atoms with Gasteiger partial charge in [0.05, 0.1) is 16.8 Å². The van der Waals surface area contributed by atoms with E-state index in [0.29, 0.717) is 11.3 Å². The Morgan fingerprint density at radius 3 is 2.76 bits per heavy atom. The highest BCUT2D eigenvalue weighted by molar-refractivity contribution is 7.90. The fourth-order valence-corrected chi connectivity index (χ4v) is 2.91. The number of nitrogen functional groups attached to an aromatic ring is 1. The summed E-state index contributed by atoms with van der Waals surface area (Å²) < 4.78 is 25.7. The van der Waals surface area contributed by atoms with Crippen LogP contribution in [0.25, 0.3) is 0 Å². The summed E-state index contributed by atoms with van der Waals surface area (Å²) in [6, 6.07) is 6.29. The summed E-state index contributed by atoms with van der Waals surface area (Å²) in [7, 11) is -1.61. The van der Waals surface area contributed by atoms with E-state index in [4.69, 9.17) is 5.73 Å². The fourth-order valence-electron chi connectivity index (χ4n) is 1.56. The van der Waals surface area contributed by atoms with Gasteiger partial charge in [0.25, 0.3) is 0 Å². The highest BCUT2D eigenvalue weighted by Crippen LogP contribution is 2.18. The van der Waals surface area contributed by atoms with Crippen LogP contribution < -0.4 is 5.73 Å². The quantitative estimate of drug-likeness (QED) is 0.825. The fraction of sp³-hybridized carbons (Fsp3) is 0.182. The van der Waals surface area contributed by atoms with Gasteiger partial charge in [0, 0.05) is 24.5 Å². The average Bonchev–Trinajstić information content (AvgIpc) is 2.63. The number of benzene rings is 1. The maximum Gasteiger partial charge on any atom is 0.182 e. The van der Waals surface area contributed by atoms with E-state index in [1.165, 1.54) is 6.07 Å². The van der Waals surface area contributed by atoms with Gasteiger partial charge in [0.2, 0.25) is 0 Å². The van der Waals surface area contributed by atoms with Crippen LogP contribution in [0.3, 0.4) is 0 Å². The van der Waals surface area contributed by atoms with Gasteiger partial charge in [-0.25, -0.2) is 8.42 Å². The topological polar surface area (TPSA) is 78.0 Å². The van der Waals surface area contributed by atoms with Crippen LogP contribution in [0.2, 0.25) is 0 Å². The molecular weight excluding hydrogens is 238 g/mol. The van der Waals surface area contributed by atoms with Crippen molar-refractivity contribution in [1.29, 1.82) is 0 Å². The van der Waals surface area contributed by atoms with Crippen molar-refractivity contribution in [3.05, 3.63) is 42.2 Å². The highest BCUT2D eigenvalue weighted by Gasteiger charge is 2.16. The van der Waals surface area contributed by atoms with Crippen molar-refractivity contribution >= 4 is 15.5 Å². The maximum atomic E-state index is 12.1. The van der Waals surface area contributed by atoms with Crippen LogP contribution in [-0.4, -0.2) is 18.2 Å². The molecule has 2 aromatic rings. The third kappa shape index (κ3) is 2.65. The van der Waals surface area contributed by atoms with Crippen molar-refractivity contribution in [1.82, 2.24) is 9.78 Å². The largest absolute Gasteiger partial charge is 0.399 e. The molecule has 1 aromatic heterocycles. The van der Waals surface area contributed by atoms with Gasteiger partial charge < -0.3 is 5.73 Å². The summed E-state index contributed by atoms with van der Waals surface area (Å²) in [4.78, 5) is 0.237. The Balaban J connectivity index is 2.31. The van der Waals surface area contributed by atoms with E-state index in [1.807, 2.05) is 0 Å². The Labute approximate surface area is 99.8 Å². The van der Waals surface area contributed by atoms with Crippen LogP contribution in [0.1, 0.15) is 5.56 Å². The summed E-state index contributed by atoms with van der Waals surface area (Å²) in [6.07, 6.45) is 3.23. The normalized spacial score (nSPS) is 11.6. The lowest BCUT2D eigenvalue weighted by molar-refractivity contribution is 0.595. The minimum atomic E-state index is -3.36. The Morgan fingerprint density at radius 2 is 2.18 bits per heavy atom. The zero-order valence-electron chi connectivity index (χ0n) is 9.37. The third-order valence-corrected chi connectivity index (χ3v) is 4.02. The number of rotatable bonds is 3. The first-order valence-electron chi connectivity index (χ1n) is 5.03. The van der Waals surface area contributed by atoms with Gasteiger partial charge in [-0.3, -0.25) is 4.68 Å². The molecule has 0 fully saturated rings. The predicted octanol–water partition coefficient (Wildman–Crippen LogP) is 0.976. The predicted molar refractivity (Wildman–Crippen MR) is 65.0 cm³/mol. The molecule has 0 spiro atoms. The van der Waals surface area contributed by atoms with Gasteiger partial charge in [-0.2, -0.15) is 5.10 Å². The molecule has 0 unspecified atom stereocenters. The second-order valence-corrected chi connectivity index (χ2v) is 5.84. The number of nitrogens with zero attached hydrogens (tertiary/aromatic N) is 2. The van der Waals surface area contributed by atoms with Crippen molar-refractivity contribution in [2.75, 3.05) is 5.73 Å². The molecule has 2 rings (SSSR count). The first kappa shape index (κ1) is 11.7. The van der Waals surface area contributed by atoms with Crippen LogP contribution in [-0.2, 0) is 22.6 Å². The summed E-state index contributed by atoms with van der Waals surface area (Å²) in [6.45, 7) is 0. The molecule has 0 saturated heterocycles. The summed E-state index contributed by atoms with van der Waals surface area (Å²) in [5.74, 6) is -0.0652. The van der Waals surface area contributed by atoms with Crippen LogP contribution in [0, 0.1) is 0 Å². The number of hydrogen-bond donors (Lipinski definition) is 1. The minimum Gasteiger partial charge on any atom is -0.399 e. The molecule has 0 atom stereocenters. The summed E-state index contributed by atoms with van der Waals surface area (Å²) in [5, 5.41) is 3.94. The molecule has 2 N–H and O–H groups in total. The Bertz CT molecular complexity index is 632. The molecule has 1 heterocycles. The minimum absolute atomic E-state index is 0.0652. The van der Waals surface area contributed by atoms with Gasteiger partial charge in [-0.15, -0.1) is 0 Å². The first-order valence-corrected chi connectivity index (χ1v) is 6.68. The van der Waals surface area contributed by atoms with Crippen LogP contribution in [0.4, 0.5) is 5.69 Å². The van der Waals surface area contributed by atoms with Crippen molar-refractivity contribution in [3.63, 3.8) is 0 Å². The SMILES string of the molecule is Cn1cc(CS(=O)(=O)c2cccc(N)c2)cn1. The van der Waals surface area contributed by atoms with E-state index in [2.05, 4.69) is 5.10 Å². The number of hydrogen-bond acceptors (Lipinski definition) is 4. The van der Waals surface area contributed by atoms with E-state index < -0.39 is 9.84 Å². The van der Waals surface area contributed by atoms with Gasteiger partial charge in [0.15, 0.2) is 9.84 Å². The van der Waals surface area contributed by atoms with E-state index >= 15 is 0 Å². The number of nitrogens with two attached hydrogens (primary N) is 1. The molecule has 17 heavy (non-hydrogen) atoms. The van der Waals surface area contributed by atoms with Crippen molar-refractivity contribution in [2.24, 2.45) is 7.05 Å². The number of aromatic nitrogens is 2. The van der Waals surface area contributed by atoms with Gasteiger partial charge in [-0.1, -0.05) is 6.07 Å². The zero-order chi connectivity index (χ0) is 12.5. The molecule has 90 valence electrons. The summed E-state index contributed by atoms with van der Waals surface area (Å²) in [5.41, 5.74) is 6.68. The smallest absolute Gasteiger partial charge is 0.182 e. The molecule has 0 aliphatic rings. The lowest BCUT2D eigenvalue weighted by Crippen LogP contribution is -2.05. The Kier molecular flexibility index (Phi) is 2.89. The lowest BCUT2D eigenvalue weighted by Gasteiger charge is -2.03. The second-order valence-electron chi connectivity index (χ2n) is 3.85. The molecule has 0 bridgehead atoms. The molecule has 0 amide bonds. The molecule has 0 radical (unpaired) electrons. The monoisotopic (exact) mass is 251 g/mol. The Morgan fingerprint density at radius 1 is 1.41 bits per heavy atom. The highest BCUT2D eigenvalue weighted by atomic mass is 32.2. The first-order chi connectivity index (χ1) is 7.97. The van der Waals surface area contributed by atoms with E-state index in [-0.39, 0.29) is 10.6 Å². The van der Waals surface area contributed by atoms with E-state index in [0.717, 1.165) is 0 Å². The molecule has 5 nitrogen and oxygen atoms in total. The van der Waals surface area contributed by atoms with Crippen LogP contribution in [0.5, 0.6) is 0 Å². The van der Waals surface area contributed by atoms with Gasteiger partial charge in [0.1, 0.15) is 0 Å².